The van der Waals surface area contributed by atoms with E-state index in [2.05, 4.69) is 15.0 Å². The largest absolute Gasteiger partial charge is 0.473 e. The smallest absolute Gasteiger partial charge is 0.323 e. The zero-order valence-electron chi connectivity index (χ0n) is 9.97. The molecule has 0 spiro atoms. The summed E-state index contributed by atoms with van der Waals surface area (Å²) in [6.45, 7) is 2.58. The molecule has 0 saturated carbocycles. The van der Waals surface area contributed by atoms with Crippen LogP contribution in [0.1, 0.15) is 12.0 Å². The number of carbonyl (C=O) groups is 1. The van der Waals surface area contributed by atoms with Crippen molar-refractivity contribution >= 4 is 5.97 Å². The van der Waals surface area contributed by atoms with Crippen LogP contribution in [0.3, 0.4) is 0 Å². The molecule has 2 atom stereocenters. The quantitative estimate of drug-likeness (QED) is 0.782. The van der Waals surface area contributed by atoms with Gasteiger partial charge in [0.15, 0.2) is 0 Å². The Morgan fingerprint density at radius 1 is 1.59 bits per heavy atom. The van der Waals surface area contributed by atoms with Gasteiger partial charge in [0, 0.05) is 24.7 Å². The number of hydrogen-bond acceptors (Lipinski definition) is 5. The number of hydrogen-bond donors (Lipinski definition) is 1. The normalized spacial score (nSPS) is 23.4. The number of methoxy groups -OCH3 is 1. The second kappa shape index (κ2) is 5.14. The van der Waals surface area contributed by atoms with Crippen LogP contribution >= 0.6 is 0 Å². The maximum Gasteiger partial charge on any atom is 0.323 e. The van der Waals surface area contributed by atoms with Crippen LogP contribution < -0.4 is 10.1 Å². The first-order valence-corrected chi connectivity index (χ1v) is 5.60. The fraction of sp³-hybridized carbons (Fsp3) is 0.500. The fourth-order valence-electron chi connectivity index (χ4n) is 1.87. The molecule has 0 aromatic carbocycles. The number of ether oxygens (including phenoxy) is 2. The summed E-state index contributed by atoms with van der Waals surface area (Å²) in [6.07, 6.45) is 2.28. The summed E-state index contributed by atoms with van der Waals surface area (Å²) in [7, 11) is 1.39. The summed E-state index contributed by atoms with van der Waals surface area (Å²) in [5, 5.41) is 3.07. The van der Waals surface area contributed by atoms with E-state index in [1.165, 1.54) is 7.11 Å². The van der Waals surface area contributed by atoms with Crippen LogP contribution in [-0.2, 0) is 9.53 Å². The molecule has 1 aromatic heterocycles. The monoisotopic (exact) mass is 236 g/mol. The molecule has 0 aliphatic carbocycles. The number of nitrogens with zero attached hydrogens (tertiary/aromatic N) is 1. The van der Waals surface area contributed by atoms with Crippen LogP contribution in [0.25, 0.3) is 0 Å². The van der Waals surface area contributed by atoms with Gasteiger partial charge in [0.2, 0.25) is 5.88 Å². The topological polar surface area (TPSA) is 60.5 Å². The Morgan fingerprint density at radius 3 is 3.12 bits per heavy atom. The summed E-state index contributed by atoms with van der Waals surface area (Å²) < 4.78 is 10.4. The standard InChI is InChI=1S/C12H16N2O3/c1-8-4-3-5-13-11(8)17-9-6-10(14-7-9)12(15)16-2/h3-5,9-10,14H,6-7H2,1-2H3/t9-,10-/m0/s1. The summed E-state index contributed by atoms with van der Waals surface area (Å²) in [4.78, 5) is 15.5. The molecule has 1 saturated heterocycles. The van der Waals surface area contributed by atoms with Crippen molar-refractivity contribution in [1.29, 1.82) is 0 Å². The summed E-state index contributed by atoms with van der Waals surface area (Å²) in [5.74, 6) is 0.388. The van der Waals surface area contributed by atoms with E-state index in [9.17, 15) is 4.79 Å². The Morgan fingerprint density at radius 2 is 2.41 bits per heavy atom. The van der Waals surface area contributed by atoms with E-state index in [0.717, 1.165) is 5.56 Å². The molecule has 5 nitrogen and oxygen atoms in total. The Bertz CT molecular complexity index is 408. The number of esters is 1. The molecule has 0 amide bonds. The maximum atomic E-state index is 11.3. The molecule has 5 heteroatoms. The molecule has 0 unspecified atom stereocenters. The minimum absolute atomic E-state index is 0.0345. The van der Waals surface area contributed by atoms with Crippen LogP contribution in [0, 0.1) is 6.92 Å². The number of aromatic nitrogens is 1. The highest BCUT2D eigenvalue weighted by atomic mass is 16.5. The van der Waals surface area contributed by atoms with Crippen LogP contribution in [0.2, 0.25) is 0 Å². The van der Waals surface area contributed by atoms with Gasteiger partial charge in [-0.05, 0) is 13.0 Å². The molecule has 0 bridgehead atoms. The molecule has 2 rings (SSSR count). The lowest BCUT2D eigenvalue weighted by atomic mass is 10.2. The zero-order valence-corrected chi connectivity index (χ0v) is 9.97. The zero-order chi connectivity index (χ0) is 12.3. The van der Waals surface area contributed by atoms with Crippen molar-refractivity contribution in [3.05, 3.63) is 23.9 Å². The first kappa shape index (κ1) is 11.9. The predicted octanol–water partition coefficient (Wildman–Crippen LogP) is 0.672. The molecule has 1 aliphatic rings. The molecule has 0 radical (unpaired) electrons. The van der Waals surface area contributed by atoms with E-state index in [-0.39, 0.29) is 18.1 Å². The van der Waals surface area contributed by atoms with Crippen LogP contribution in [0.4, 0.5) is 0 Å². The second-order valence-electron chi connectivity index (χ2n) is 4.09. The third-order valence-electron chi connectivity index (χ3n) is 2.82. The first-order chi connectivity index (χ1) is 8.20. The highest BCUT2D eigenvalue weighted by molar-refractivity contribution is 5.76. The van der Waals surface area contributed by atoms with Crippen molar-refractivity contribution in [2.24, 2.45) is 0 Å². The van der Waals surface area contributed by atoms with Crippen molar-refractivity contribution in [2.45, 2.75) is 25.5 Å². The molecule has 1 fully saturated rings. The summed E-state index contributed by atoms with van der Waals surface area (Å²) in [5.41, 5.74) is 0.994. The van der Waals surface area contributed by atoms with Gasteiger partial charge in [0.1, 0.15) is 12.1 Å². The lowest BCUT2D eigenvalue weighted by molar-refractivity contribution is -0.142. The Kier molecular flexibility index (Phi) is 3.58. The number of carbonyl (C=O) groups excluding carboxylic acids is 1. The number of pyridine rings is 1. The van der Waals surface area contributed by atoms with Crippen LogP contribution in [0.15, 0.2) is 18.3 Å². The van der Waals surface area contributed by atoms with Gasteiger partial charge in [-0.15, -0.1) is 0 Å². The molecule has 1 aliphatic heterocycles. The van der Waals surface area contributed by atoms with Gasteiger partial charge >= 0.3 is 5.97 Å². The highest BCUT2D eigenvalue weighted by Crippen LogP contribution is 2.18. The summed E-state index contributed by atoms with van der Waals surface area (Å²) >= 11 is 0. The Labute approximate surface area is 100 Å². The SMILES string of the molecule is COC(=O)[C@@H]1C[C@H](Oc2ncccc2C)CN1. The number of rotatable bonds is 3. The predicted molar refractivity (Wildman–Crippen MR) is 61.8 cm³/mol. The minimum Gasteiger partial charge on any atom is -0.473 e. The Hall–Kier alpha value is -1.62. The van der Waals surface area contributed by atoms with Crippen molar-refractivity contribution in [1.82, 2.24) is 10.3 Å². The lowest BCUT2D eigenvalue weighted by Crippen LogP contribution is -2.31. The molecule has 92 valence electrons. The van der Waals surface area contributed by atoms with E-state index >= 15 is 0 Å². The first-order valence-electron chi connectivity index (χ1n) is 5.60. The highest BCUT2D eigenvalue weighted by Gasteiger charge is 2.31. The average molecular weight is 236 g/mol. The minimum atomic E-state index is -0.269. The van der Waals surface area contributed by atoms with E-state index < -0.39 is 0 Å². The van der Waals surface area contributed by atoms with Gasteiger partial charge in [0.05, 0.1) is 7.11 Å². The van der Waals surface area contributed by atoms with Crippen molar-refractivity contribution < 1.29 is 14.3 Å². The Balaban J connectivity index is 1.94. The van der Waals surface area contributed by atoms with E-state index in [1.807, 2.05) is 19.1 Å². The van der Waals surface area contributed by atoms with E-state index in [0.29, 0.717) is 18.8 Å². The molecule has 1 N–H and O–H groups in total. The second-order valence-corrected chi connectivity index (χ2v) is 4.09. The third-order valence-corrected chi connectivity index (χ3v) is 2.82. The molecule has 2 heterocycles. The van der Waals surface area contributed by atoms with Gasteiger partial charge in [-0.1, -0.05) is 6.07 Å². The average Bonchev–Trinajstić information content (AvgIpc) is 2.80. The van der Waals surface area contributed by atoms with Gasteiger partial charge < -0.3 is 14.8 Å². The van der Waals surface area contributed by atoms with Crippen molar-refractivity contribution in [3.63, 3.8) is 0 Å². The van der Waals surface area contributed by atoms with Crippen molar-refractivity contribution in [2.75, 3.05) is 13.7 Å². The van der Waals surface area contributed by atoms with Crippen LogP contribution in [-0.4, -0.2) is 36.8 Å². The fourth-order valence-corrected chi connectivity index (χ4v) is 1.87. The van der Waals surface area contributed by atoms with Gasteiger partial charge in [0.25, 0.3) is 0 Å². The molecular weight excluding hydrogens is 220 g/mol. The molecule has 1 aromatic rings. The summed E-state index contributed by atoms with van der Waals surface area (Å²) in [6, 6.07) is 3.54. The third kappa shape index (κ3) is 2.74. The molecular formula is C12H16N2O3. The van der Waals surface area contributed by atoms with Crippen molar-refractivity contribution in [3.8, 4) is 5.88 Å². The van der Waals surface area contributed by atoms with Gasteiger partial charge in [-0.3, -0.25) is 4.79 Å². The molecule has 17 heavy (non-hydrogen) atoms. The number of aryl methyl sites for hydroxylation is 1. The van der Waals surface area contributed by atoms with Gasteiger partial charge in [-0.2, -0.15) is 0 Å². The number of nitrogens with one attached hydrogen (secondary N) is 1. The van der Waals surface area contributed by atoms with E-state index in [4.69, 9.17) is 4.74 Å². The van der Waals surface area contributed by atoms with Gasteiger partial charge in [-0.25, -0.2) is 4.98 Å². The maximum absolute atomic E-state index is 11.3. The lowest BCUT2D eigenvalue weighted by Gasteiger charge is -2.13. The van der Waals surface area contributed by atoms with E-state index in [1.54, 1.807) is 6.20 Å². The van der Waals surface area contributed by atoms with Crippen LogP contribution in [0.5, 0.6) is 5.88 Å².